The van der Waals surface area contributed by atoms with Crippen molar-refractivity contribution >= 4 is 21.6 Å². The van der Waals surface area contributed by atoms with Crippen LogP contribution in [0.15, 0.2) is 23.2 Å². The van der Waals surface area contributed by atoms with Crippen LogP contribution in [0.4, 0.5) is 0 Å². The predicted octanol–water partition coefficient (Wildman–Crippen LogP) is 3.62. The van der Waals surface area contributed by atoms with E-state index in [9.17, 15) is 8.42 Å². The molecular weight excluding hydrogens is 296 g/mol. The van der Waals surface area contributed by atoms with E-state index in [1.807, 2.05) is 0 Å². The Bertz CT molecular complexity index is 530. The first-order chi connectivity index (χ1) is 9.27. The fourth-order valence-electron chi connectivity index (χ4n) is 1.87. The van der Waals surface area contributed by atoms with Crippen LogP contribution in [0.2, 0.25) is 5.15 Å². The summed E-state index contributed by atoms with van der Waals surface area (Å²) in [5.74, 6) is 0. The Labute approximate surface area is 127 Å². The lowest BCUT2D eigenvalue weighted by Crippen LogP contribution is -2.34. The summed E-state index contributed by atoms with van der Waals surface area (Å²) in [5, 5.41) is 0.176. The fourth-order valence-corrected chi connectivity index (χ4v) is 3.36. The van der Waals surface area contributed by atoms with Gasteiger partial charge >= 0.3 is 0 Å². The second-order valence-corrected chi connectivity index (χ2v) is 7.91. The van der Waals surface area contributed by atoms with Crippen LogP contribution >= 0.6 is 11.6 Å². The number of unbranched alkanes of at least 4 members (excludes halogenated alkanes) is 2. The number of hydrogen-bond donors (Lipinski definition) is 1. The molecule has 0 saturated carbocycles. The molecule has 1 aromatic rings. The molecule has 0 radical (unpaired) electrons. The van der Waals surface area contributed by atoms with Crippen molar-refractivity contribution in [2.24, 2.45) is 5.41 Å². The lowest BCUT2D eigenvalue weighted by Gasteiger charge is -2.24. The van der Waals surface area contributed by atoms with E-state index >= 15 is 0 Å². The summed E-state index contributed by atoms with van der Waals surface area (Å²) in [6.07, 6.45) is 5.85. The molecule has 114 valence electrons. The minimum atomic E-state index is -3.52. The average molecular weight is 319 g/mol. The van der Waals surface area contributed by atoms with Crippen LogP contribution in [-0.2, 0) is 10.0 Å². The zero-order valence-corrected chi connectivity index (χ0v) is 13.9. The van der Waals surface area contributed by atoms with Gasteiger partial charge < -0.3 is 0 Å². The Balaban J connectivity index is 2.63. The summed E-state index contributed by atoms with van der Waals surface area (Å²) < 4.78 is 27.0. The van der Waals surface area contributed by atoms with Crippen molar-refractivity contribution in [1.82, 2.24) is 9.71 Å². The minimum absolute atomic E-state index is 0.0565. The first kappa shape index (κ1) is 17.4. The molecule has 0 spiro atoms. The van der Waals surface area contributed by atoms with E-state index < -0.39 is 10.0 Å². The number of hydrogen-bond acceptors (Lipinski definition) is 3. The maximum atomic E-state index is 12.2. The van der Waals surface area contributed by atoms with Gasteiger partial charge in [0.2, 0.25) is 10.0 Å². The highest BCUT2D eigenvalue weighted by Crippen LogP contribution is 2.23. The van der Waals surface area contributed by atoms with E-state index in [2.05, 4.69) is 30.5 Å². The Morgan fingerprint density at radius 2 is 2.05 bits per heavy atom. The van der Waals surface area contributed by atoms with Gasteiger partial charge in [-0.05, 0) is 24.0 Å². The molecule has 6 heteroatoms. The number of sulfonamides is 1. The van der Waals surface area contributed by atoms with Gasteiger partial charge in [-0.3, -0.25) is 0 Å². The SMILES string of the molecule is CCCCCC(C)(C)CNS(=O)(=O)c1ccnc(Cl)c1. The number of aromatic nitrogens is 1. The van der Waals surface area contributed by atoms with Gasteiger partial charge in [0.25, 0.3) is 0 Å². The quantitative estimate of drug-likeness (QED) is 0.588. The Morgan fingerprint density at radius 3 is 2.65 bits per heavy atom. The van der Waals surface area contributed by atoms with E-state index in [0.717, 1.165) is 19.3 Å². The van der Waals surface area contributed by atoms with Gasteiger partial charge in [-0.2, -0.15) is 0 Å². The molecule has 0 aromatic carbocycles. The third-order valence-corrected chi connectivity index (χ3v) is 4.81. The molecule has 0 aliphatic heterocycles. The maximum absolute atomic E-state index is 12.2. The standard InChI is InChI=1S/C14H23ClN2O2S/c1-4-5-6-8-14(2,3)11-17-20(18,19)12-7-9-16-13(15)10-12/h7,9-10,17H,4-6,8,11H2,1-3H3. The number of halogens is 1. The highest BCUT2D eigenvalue weighted by atomic mass is 35.5. The molecule has 0 bridgehead atoms. The van der Waals surface area contributed by atoms with Crippen molar-refractivity contribution < 1.29 is 8.42 Å². The van der Waals surface area contributed by atoms with Gasteiger partial charge in [-0.1, -0.05) is 51.6 Å². The van der Waals surface area contributed by atoms with Crippen molar-refractivity contribution in [1.29, 1.82) is 0 Å². The second kappa shape index (κ2) is 7.38. The van der Waals surface area contributed by atoms with Crippen LogP contribution in [0.3, 0.4) is 0 Å². The summed E-state index contributed by atoms with van der Waals surface area (Å²) >= 11 is 5.72. The lowest BCUT2D eigenvalue weighted by molar-refractivity contribution is 0.320. The molecule has 20 heavy (non-hydrogen) atoms. The number of rotatable bonds is 8. The smallest absolute Gasteiger partial charge is 0.240 e. The highest BCUT2D eigenvalue weighted by molar-refractivity contribution is 7.89. The van der Waals surface area contributed by atoms with Gasteiger partial charge in [0, 0.05) is 12.7 Å². The molecule has 1 N–H and O–H groups in total. The number of nitrogens with zero attached hydrogens (tertiary/aromatic N) is 1. The van der Waals surface area contributed by atoms with Crippen molar-refractivity contribution in [3.63, 3.8) is 0 Å². The van der Waals surface area contributed by atoms with E-state index in [1.165, 1.54) is 24.8 Å². The van der Waals surface area contributed by atoms with Gasteiger partial charge in [-0.15, -0.1) is 0 Å². The lowest BCUT2D eigenvalue weighted by atomic mass is 9.87. The van der Waals surface area contributed by atoms with Crippen molar-refractivity contribution in [3.8, 4) is 0 Å². The Hall–Kier alpha value is -0.650. The van der Waals surface area contributed by atoms with E-state index in [4.69, 9.17) is 11.6 Å². The second-order valence-electron chi connectivity index (χ2n) is 5.76. The zero-order chi connectivity index (χ0) is 15.2. The van der Waals surface area contributed by atoms with Crippen molar-refractivity contribution in [2.45, 2.75) is 51.3 Å². The molecule has 0 fully saturated rings. The van der Waals surface area contributed by atoms with Gasteiger partial charge in [-0.25, -0.2) is 18.1 Å². The molecule has 0 aliphatic carbocycles. The third kappa shape index (κ3) is 5.77. The molecule has 0 saturated heterocycles. The molecule has 1 rings (SSSR count). The van der Waals surface area contributed by atoms with Crippen molar-refractivity contribution in [3.05, 3.63) is 23.5 Å². The number of nitrogens with one attached hydrogen (secondary N) is 1. The zero-order valence-electron chi connectivity index (χ0n) is 12.3. The molecule has 0 unspecified atom stereocenters. The van der Waals surface area contributed by atoms with Crippen molar-refractivity contribution in [2.75, 3.05) is 6.54 Å². The third-order valence-electron chi connectivity index (χ3n) is 3.21. The van der Waals surface area contributed by atoms with Gasteiger partial charge in [0.1, 0.15) is 5.15 Å². The molecule has 0 amide bonds. The van der Waals surface area contributed by atoms with E-state index in [1.54, 1.807) is 0 Å². The largest absolute Gasteiger partial charge is 0.244 e. The number of pyridine rings is 1. The molecule has 4 nitrogen and oxygen atoms in total. The first-order valence-electron chi connectivity index (χ1n) is 6.88. The molecule has 1 aromatic heterocycles. The normalized spacial score (nSPS) is 12.6. The van der Waals surface area contributed by atoms with Crippen LogP contribution in [0.5, 0.6) is 0 Å². The summed E-state index contributed by atoms with van der Waals surface area (Å²) in [7, 11) is -3.52. The minimum Gasteiger partial charge on any atom is -0.244 e. The summed E-state index contributed by atoms with van der Waals surface area (Å²) in [4.78, 5) is 3.94. The molecule has 0 aliphatic rings. The van der Waals surface area contributed by atoms with Gasteiger partial charge in [0.15, 0.2) is 0 Å². The Morgan fingerprint density at radius 1 is 1.35 bits per heavy atom. The van der Waals surface area contributed by atoms with Crippen LogP contribution in [0, 0.1) is 5.41 Å². The Kier molecular flexibility index (Phi) is 6.43. The maximum Gasteiger partial charge on any atom is 0.240 e. The monoisotopic (exact) mass is 318 g/mol. The van der Waals surface area contributed by atoms with Gasteiger partial charge in [0.05, 0.1) is 4.90 Å². The summed E-state index contributed by atoms with van der Waals surface area (Å²) in [6, 6.07) is 2.80. The van der Waals surface area contributed by atoms with Crippen LogP contribution in [-0.4, -0.2) is 19.9 Å². The van der Waals surface area contributed by atoms with Crippen LogP contribution < -0.4 is 4.72 Å². The summed E-state index contributed by atoms with van der Waals surface area (Å²) in [6.45, 7) is 6.72. The predicted molar refractivity (Wildman–Crippen MR) is 82.4 cm³/mol. The highest BCUT2D eigenvalue weighted by Gasteiger charge is 2.22. The van der Waals surface area contributed by atoms with E-state index in [0.29, 0.717) is 6.54 Å². The topological polar surface area (TPSA) is 59.1 Å². The van der Waals surface area contributed by atoms with Crippen LogP contribution in [0.1, 0.15) is 46.5 Å². The fraction of sp³-hybridized carbons (Fsp3) is 0.643. The molecule has 0 atom stereocenters. The first-order valence-corrected chi connectivity index (χ1v) is 8.74. The molecular formula is C14H23ClN2O2S. The molecule has 1 heterocycles. The average Bonchev–Trinajstić information content (AvgIpc) is 2.37. The van der Waals surface area contributed by atoms with E-state index in [-0.39, 0.29) is 15.5 Å². The van der Waals surface area contributed by atoms with Crippen LogP contribution in [0.25, 0.3) is 0 Å². The summed E-state index contributed by atoms with van der Waals surface area (Å²) in [5.41, 5.74) is -0.0565.